The molecule has 2 aromatic carbocycles. The first kappa shape index (κ1) is 19.6. The number of piperidine rings is 1. The number of benzene rings is 2. The summed E-state index contributed by atoms with van der Waals surface area (Å²) in [4.78, 5) is 12.7. The van der Waals surface area contributed by atoms with Gasteiger partial charge >= 0.3 is 0 Å². The number of rotatable bonds is 5. The van der Waals surface area contributed by atoms with Crippen molar-refractivity contribution < 1.29 is 13.2 Å². The van der Waals surface area contributed by atoms with E-state index in [9.17, 15) is 13.2 Å². The van der Waals surface area contributed by atoms with Gasteiger partial charge in [-0.05, 0) is 31.5 Å². The third-order valence-corrected chi connectivity index (χ3v) is 5.65. The van der Waals surface area contributed by atoms with E-state index in [2.05, 4.69) is 10.0 Å². The van der Waals surface area contributed by atoms with Crippen molar-refractivity contribution in [3.05, 3.63) is 65.7 Å². The third-order valence-electron chi connectivity index (χ3n) is 4.08. The van der Waals surface area contributed by atoms with Gasteiger partial charge in [0.25, 0.3) is 0 Å². The number of halogens is 1. The van der Waals surface area contributed by atoms with Crippen molar-refractivity contribution in [2.45, 2.75) is 23.8 Å². The van der Waals surface area contributed by atoms with Gasteiger partial charge in [0.05, 0.1) is 4.90 Å². The van der Waals surface area contributed by atoms with Crippen LogP contribution in [-0.2, 0) is 10.0 Å². The molecule has 25 heavy (non-hydrogen) atoms. The van der Waals surface area contributed by atoms with Crippen LogP contribution in [0.25, 0.3) is 0 Å². The van der Waals surface area contributed by atoms with Crippen LogP contribution in [0.15, 0.2) is 59.5 Å². The summed E-state index contributed by atoms with van der Waals surface area (Å²) in [6.45, 7) is 1.51. The van der Waals surface area contributed by atoms with Crippen LogP contribution in [-0.4, -0.2) is 33.3 Å². The smallest absolute Gasteiger partial charge is 0.241 e. The molecule has 1 aliphatic rings. The van der Waals surface area contributed by atoms with Crippen molar-refractivity contribution in [2.75, 3.05) is 13.1 Å². The molecule has 0 amide bonds. The Labute approximate surface area is 154 Å². The number of carbonyl (C=O) groups excluding carboxylic acids is 1. The molecule has 0 bridgehead atoms. The molecule has 3 rings (SSSR count). The Morgan fingerprint density at radius 1 is 1.04 bits per heavy atom. The molecule has 0 radical (unpaired) electrons. The number of hydrogen-bond donors (Lipinski definition) is 2. The SMILES string of the molecule is Cl.O=C(c1ccccc1)c1ccccc1S(=O)(=O)N[C@H]1CCCNC1. The summed E-state index contributed by atoms with van der Waals surface area (Å²) in [5.74, 6) is -0.293. The summed E-state index contributed by atoms with van der Waals surface area (Å²) in [5, 5.41) is 3.18. The summed E-state index contributed by atoms with van der Waals surface area (Å²) in [6, 6.07) is 14.9. The lowest BCUT2D eigenvalue weighted by Crippen LogP contribution is -2.45. The van der Waals surface area contributed by atoms with Crippen LogP contribution in [0.2, 0.25) is 0 Å². The maximum atomic E-state index is 12.8. The predicted molar refractivity (Wildman–Crippen MR) is 99.8 cm³/mol. The molecule has 7 heteroatoms. The van der Waals surface area contributed by atoms with E-state index >= 15 is 0 Å². The Hall–Kier alpha value is -1.73. The monoisotopic (exact) mass is 380 g/mol. The maximum absolute atomic E-state index is 12.8. The Kier molecular flexibility index (Phi) is 6.72. The zero-order chi connectivity index (χ0) is 17.0. The van der Waals surface area contributed by atoms with Crippen molar-refractivity contribution in [1.82, 2.24) is 10.0 Å². The lowest BCUT2D eigenvalue weighted by atomic mass is 10.0. The lowest BCUT2D eigenvalue weighted by molar-refractivity contribution is 0.103. The van der Waals surface area contributed by atoms with Crippen molar-refractivity contribution in [1.29, 1.82) is 0 Å². The van der Waals surface area contributed by atoms with Crippen molar-refractivity contribution in [3.63, 3.8) is 0 Å². The minimum Gasteiger partial charge on any atom is -0.315 e. The van der Waals surface area contributed by atoms with E-state index in [1.54, 1.807) is 42.5 Å². The predicted octanol–water partition coefficient (Wildman–Crippen LogP) is 2.37. The minimum absolute atomic E-state index is 0. The van der Waals surface area contributed by atoms with Crippen LogP contribution in [0, 0.1) is 0 Å². The first-order valence-electron chi connectivity index (χ1n) is 8.00. The fourth-order valence-corrected chi connectivity index (χ4v) is 4.34. The lowest BCUT2D eigenvalue weighted by Gasteiger charge is -2.24. The Balaban J connectivity index is 0.00000225. The van der Waals surface area contributed by atoms with Crippen LogP contribution in [0.3, 0.4) is 0 Å². The Morgan fingerprint density at radius 2 is 1.72 bits per heavy atom. The zero-order valence-electron chi connectivity index (χ0n) is 13.6. The largest absolute Gasteiger partial charge is 0.315 e. The molecular formula is C18H21ClN2O3S. The summed E-state index contributed by atoms with van der Waals surface area (Å²) in [6.07, 6.45) is 1.72. The van der Waals surface area contributed by atoms with Crippen LogP contribution in [0.4, 0.5) is 0 Å². The van der Waals surface area contributed by atoms with Crippen molar-refractivity contribution >= 4 is 28.2 Å². The molecule has 1 aliphatic heterocycles. The second-order valence-corrected chi connectivity index (χ2v) is 7.54. The number of sulfonamides is 1. The van der Waals surface area contributed by atoms with E-state index in [4.69, 9.17) is 0 Å². The molecule has 0 aliphatic carbocycles. The minimum atomic E-state index is -3.75. The first-order valence-corrected chi connectivity index (χ1v) is 9.48. The van der Waals surface area contributed by atoms with Gasteiger partial charge in [-0.2, -0.15) is 0 Å². The molecule has 2 aromatic rings. The van der Waals surface area contributed by atoms with E-state index in [0.29, 0.717) is 12.1 Å². The van der Waals surface area contributed by atoms with E-state index in [0.717, 1.165) is 19.4 Å². The molecular weight excluding hydrogens is 360 g/mol. The van der Waals surface area contributed by atoms with E-state index in [1.807, 2.05) is 6.07 Å². The molecule has 1 fully saturated rings. The molecule has 0 saturated carbocycles. The molecule has 2 N–H and O–H groups in total. The summed E-state index contributed by atoms with van der Waals surface area (Å²) < 4.78 is 28.2. The molecule has 0 unspecified atom stereocenters. The van der Waals surface area contributed by atoms with Crippen LogP contribution in [0.1, 0.15) is 28.8 Å². The Bertz CT molecular complexity index is 819. The van der Waals surface area contributed by atoms with Gasteiger partial charge in [0.15, 0.2) is 5.78 Å². The molecule has 1 heterocycles. The van der Waals surface area contributed by atoms with Gasteiger partial charge in [0.1, 0.15) is 0 Å². The van der Waals surface area contributed by atoms with Crippen molar-refractivity contribution in [3.8, 4) is 0 Å². The summed E-state index contributed by atoms with van der Waals surface area (Å²) in [7, 11) is -3.75. The molecule has 1 atom stereocenters. The molecule has 134 valence electrons. The van der Waals surface area contributed by atoms with Gasteiger partial charge in [0.2, 0.25) is 10.0 Å². The normalized spacial score (nSPS) is 17.5. The highest BCUT2D eigenvalue weighted by molar-refractivity contribution is 7.89. The van der Waals surface area contributed by atoms with E-state index in [1.165, 1.54) is 6.07 Å². The average Bonchev–Trinajstić information content (AvgIpc) is 2.62. The van der Waals surface area contributed by atoms with Gasteiger partial charge < -0.3 is 5.32 Å². The number of carbonyl (C=O) groups is 1. The van der Waals surface area contributed by atoms with Gasteiger partial charge in [-0.15, -0.1) is 12.4 Å². The second-order valence-electron chi connectivity index (χ2n) is 5.86. The summed E-state index contributed by atoms with van der Waals surface area (Å²) in [5.41, 5.74) is 0.666. The van der Waals surface area contributed by atoms with E-state index in [-0.39, 0.29) is 34.7 Å². The van der Waals surface area contributed by atoms with Crippen molar-refractivity contribution in [2.24, 2.45) is 0 Å². The second kappa shape index (κ2) is 8.58. The standard InChI is InChI=1S/C18H20N2O3S.ClH/c21-18(14-7-2-1-3-8-14)16-10-4-5-11-17(16)24(22,23)20-15-9-6-12-19-13-15;/h1-5,7-8,10-11,15,19-20H,6,9,12-13H2;1H/t15-;/m0./s1. The topological polar surface area (TPSA) is 75.3 Å². The molecule has 5 nitrogen and oxygen atoms in total. The molecule has 1 saturated heterocycles. The van der Waals surface area contributed by atoms with Gasteiger partial charge in [-0.3, -0.25) is 4.79 Å². The third kappa shape index (κ3) is 4.67. The van der Waals surface area contributed by atoms with E-state index < -0.39 is 10.0 Å². The number of nitrogens with one attached hydrogen (secondary N) is 2. The highest BCUT2D eigenvalue weighted by Gasteiger charge is 2.26. The van der Waals surface area contributed by atoms with Crippen LogP contribution >= 0.6 is 12.4 Å². The van der Waals surface area contributed by atoms with Crippen LogP contribution < -0.4 is 10.0 Å². The zero-order valence-corrected chi connectivity index (χ0v) is 15.3. The molecule has 0 aromatic heterocycles. The fourth-order valence-electron chi connectivity index (χ4n) is 2.87. The van der Waals surface area contributed by atoms with Gasteiger partial charge in [-0.25, -0.2) is 13.1 Å². The quantitative estimate of drug-likeness (QED) is 0.781. The number of ketones is 1. The fraction of sp³-hybridized carbons (Fsp3) is 0.278. The summed E-state index contributed by atoms with van der Waals surface area (Å²) >= 11 is 0. The van der Waals surface area contributed by atoms with Crippen LogP contribution in [0.5, 0.6) is 0 Å². The maximum Gasteiger partial charge on any atom is 0.241 e. The molecule has 0 spiro atoms. The highest BCUT2D eigenvalue weighted by atomic mass is 35.5. The Morgan fingerprint density at radius 3 is 2.40 bits per heavy atom. The van der Waals surface area contributed by atoms with Gasteiger partial charge in [-0.1, -0.05) is 42.5 Å². The highest BCUT2D eigenvalue weighted by Crippen LogP contribution is 2.20. The number of hydrogen-bond acceptors (Lipinski definition) is 4. The average molecular weight is 381 g/mol. The first-order chi connectivity index (χ1) is 11.6. The van der Waals surface area contributed by atoms with Gasteiger partial charge in [0, 0.05) is 23.7 Å².